The Bertz CT molecular complexity index is 614. The number of hydrogen-bond donors (Lipinski definition) is 1. The van der Waals surface area contributed by atoms with E-state index in [1.807, 2.05) is 13.8 Å². The van der Waals surface area contributed by atoms with E-state index < -0.39 is 5.82 Å². The van der Waals surface area contributed by atoms with Crippen LogP contribution in [-0.4, -0.2) is 24.1 Å². The standard InChI is InChI=1S/C14H16FN3O/c1-8-13(17-9(2)18-14(8)16-3)10-5-6-12(19-4)11(15)7-10/h5-7H,1-4H3,(H,16,17,18). The number of halogens is 1. The van der Waals surface area contributed by atoms with Gasteiger partial charge in [0, 0.05) is 18.2 Å². The van der Waals surface area contributed by atoms with Crippen molar-refractivity contribution in [3.05, 3.63) is 35.4 Å². The summed E-state index contributed by atoms with van der Waals surface area (Å²) in [6.07, 6.45) is 0. The van der Waals surface area contributed by atoms with E-state index in [0.717, 1.165) is 17.1 Å². The molecule has 1 N–H and O–H groups in total. The molecule has 0 aliphatic carbocycles. The molecule has 1 heterocycles. The maximum Gasteiger partial charge on any atom is 0.165 e. The van der Waals surface area contributed by atoms with Gasteiger partial charge in [-0.25, -0.2) is 14.4 Å². The summed E-state index contributed by atoms with van der Waals surface area (Å²) in [6.45, 7) is 3.71. The smallest absolute Gasteiger partial charge is 0.165 e. The third-order valence-corrected chi connectivity index (χ3v) is 2.92. The zero-order chi connectivity index (χ0) is 14.0. The predicted molar refractivity (Wildman–Crippen MR) is 73.0 cm³/mol. The fraction of sp³-hybridized carbons (Fsp3) is 0.286. The van der Waals surface area contributed by atoms with Crippen molar-refractivity contribution in [3.8, 4) is 17.0 Å². The molecule has 5 heteroatoms. The fourth-order valence-electron chi connectivity index (χ4n) is 1.97. The zero-order valence-corrected chi connectivity index (χ0v) is 11.4. The van der Waals surface area contributed by atoms with E-state index in [9.17, 15) is 4.39 Å². The van der Waals surface area contributed by atoms with Crippen molar-refractivity contribution in [2.24, 2.45) is 0 Å². The highest BCUT2D eigenvalue weighted by Gasteiger charge is 2.12. The van der Waals surface area contributed by atoms with Crippen molar-refractivity contribution in [2.75, 3.05) is 19.5 Å². The van der Waals surface area contributed by atoms with Crippen molar-refractivity contribution in [3.63, 3.8) is 0 Å². The Morgan fingerprint density at radius 2 is 1.95 bits per heavy atom. The van der Waals surface area contributed by atoms with Gasteiger partial charge in [0.25, 0.3) is 0 Å². The molecule has 2 aromatic rings. The molecule has 0 spiro atoms. The quantitative estimate of drug-likeness (QED) is 0.922. The number of aromatic nitrogens is 2. The summed E-state index contributed by atoms with van der Waals surface area (Å²) in [6, 6.07) is 4.81. The minimum Gasteiger partial charge on any atom is -0.494 e. The van der Waals surface area contributed by atoms with Crippen LogP contribution in [0.1, 0.15) is 11.4 Å². The van der Waals surface area contributed by atoms with Gasteiger partial charge in [0.15, 0.2) is 11.6 Å². The van der Waals surface area contributed by atoms with Gasteiger partial charge in [-0.3, -0.25) is 0 Å². The average Bonchev–Trinajstić information content (AvgIpc) is 2.40. The van der Waals surface area contributed by atoms with Crippen LogP contribution < -0.4 is 10.1 Å². The monoisotopic (exact) mass is 261 g/mol. The number of benzene rings is 1. The normalized spacial score (nSPS) is 10.4. The van der Waals surface area contributed by atoms with Crippen LogP contribution >= 0.6 is 0 Å². The lowest BCUT2D eigenvalue weighted by Gasteiger charge is -2.11. The lowest BCUT2D eigenvalue weighted by atomic mass is 10.1. The number of hydrogen-bond acceptors (Lipinski definition) is 4. The first-order valence-electron chi connectivity index (χ1n) is 5.93. The van der Waals surface area contributed by atoms with Gasteiger partial charge < -0.3 is 10.1 Å². The molecule has 0 saturated carbocycles. The number of nitrogens with one attached hydrogen (secondary N) is 1. The maximum atomic E-state index is 13.8. The summed E-state index contributed by atoms with van der Waals surface area (Å²) in [5.41, 5.74) is 2.31. The Kier molecular flexibility index (Phi) is 3.64. The van der Waals surface area contributed by atoms with Crippen LogP contribution in [0.25, 0.3) is 11.3 Å². The van der Waals surface area contributed by atoms with Gasteiger partial charge in [0.1, 0.15) is 11.6 Å². The van der Waals surface area contributed by atoms with Gasteiger partial charge in [-0.15, -0.1) is 0 Å². The Balaban J connectivity index is 2.58. The molecular formula is C14H16FN3O. The molecule has 0 radical (unpaired) electrons. The van der Waals surface area contributed by atoms with Crippen molar-refractivity contribution in [2.45, 2.75) is 13.8 Å². The molecule has 0 unspecified atom stereocenters. The minimum absolute atomic E-state index is 0.223. The summed E-state index contributed by atoms with van der Waals surface area (Å²) in [4.78, 5) is 8.68. The summed E-state index contributed by atoms with van der Waals surface area (Å²) in [5, 5.41) is 3.01. The zero-order valence-electron chi connectivity index (χ0n) is 11.4. The first-order chi connectivity index (χ1) is 9.06. The molecule has 0 aliphatic heterocycles. The average molecular weight is 261 g/mol. The third kappa shape index (κ3) is 2.50. The van der Waals surface area contributed by atoms with E-state index in [0.29, 0.717) is 11.4 Å². The van der Waals surface area contributed by atoms with Crippen LogP contribution in [0.4, 0.5) is 10.2 Å². The van der Waals surface area contributed by atoms with Gasteiger partial charge in [-0.1, -0.05) is 0 Å². The summed E-state index contributed by atoms with van der Waals surface area (Å²) in [7, 11) is 3.24. The van der Waals surface area contributed by atoms with Gasteiger partial charge in [0.05, 0.1) is 12.8 Å². The van der Waals surface area contributed by atoms with E-state index >= 15 is 0 Å². The number of anilines is 1. The van der Waals surface area contributed by atoms with Crippen molar-refractivity contribution in [1.82, 2.24) is 9.97 Å². The molecule has 1 aromatic heterocycles. The SMILES string of the molecule is CNc1nc(C)nc(-c2ccc(OC)c(F)c2)c1C. The number of aryl methyl sites for hydroxylation is 1. The van der Waals surface area contributed by atoms with Crippen molar-refractivity contribution < 1.29 is 9.13 Å². The van der Waals surface area contributed by atoms with Gasteiger partial charge in [-0.2, -0.15) is 0 Å². The van der Waals surface area contributed by atoms with Crippen LogP contribution in [0.3, 0.4) is 0 Å². The lowest BCUT2D eigenvalue weighted by molar-refractivity contribution is 0.386. The van der Waals surface area contributed by atoms with Gasteiger partial charge >= 0.3 is 0 Å². The highest BCUT2D eigenvalue weighted by atomic mass is 19.1. The summed E-state index contributed by atoms with van der Waals surface area (Å²) in [5.74, 6) is 1.21. The molecule has 2 rings (SSSR count). The lowest BCUT2D eigenvalue weighted by Crippen LogP contribution is -2.03. The highest BCUT2D eigenvalue weighted by molar-refractivity contribution is 5.68. The number of nitrogens with zero attached hydrogens (tertiary/aromatic N) is 2. The largest absolute Gasteiger partial charge is 0.494 e. The topological polar surface area (TPSA) is 47.0 Å². The Hall–Kier alpha value is -2.17. The Morgan fingerprint density at radius 1 is 1.21 bits per heavy atom. The third-order valence-electron chi connectivity index (χ3n) is 2.92. The molecular weight excluding hydrogens is 245 g/mol. The molecule has 0 saturated heterocycles. The van der Waals surface area contributed by atoms with E-state index in [-0.39, 0.29) is 5.75 Å². The second-order valence-corrected chi connectivity index (χ2v) is 4.19. The molecule has 0 aliphatic rings. The van der Waals surface area contributed by atoms with E-state index in [4.69, 9.17) is 4.74 Å². The van der Waals surface area contributed by atoms with E-state index in [1.54, 1.807) is 19.2 Å². The number of ether oxygens (including phenoxy) is 1. The van der Waals surface area contributed by atoms with Crippen molar-refractivity contribution >= 4 is 5.82 Å². The van der Waals surface area contributed by atoms with Crippen LogP contribution in [0.2, 0.25) is 0 Å². The molecule has 1 aromatic carbocycles. The number of methoxy groups -OCH3 is 1. The van der Waals surface area contributed by atoms with Gasteiger partial charge in [-0.05, 0) is 32.0 Å². The second-order valence-electron chi connectivity index (χ2n) is 4.19. The maximum absolute atomic E-state index is 13.8. The van der Waals surface area contributed by atoms with Crippen LogP contribution in [0, 0.1) is 19.7 Å². The van der Waals surface area contributed by atoms with E-state index in [1.165, 1.54) is 13.2 Å². The molecule has 0 atom stereocenters. The van der Waals surface area contributed by atoms with Crippen molar-refractivity contribution in [1.29, 1.82) is 0 Å². The van der Waals surface area contributed by atoms with Crippen LogP contribution in [0.15, 0.2) is 18.2 Å². The van der Waals surface area contributed by atoms with Gasteiger partial charge in [0.2, 0.25) is 0 Å². The Labute approximate surface area is 111 Å². The molecule has 0 bridgehead atoms. The van der Waals surface area contributed by atoms with Crippen LogP contribution in [-0.2, 0) is 0 Å². The second kappa shape index (κ2) is 5.22. The highest BCUT2D eigenvalue weighted by Crippen LogP contribution is 2.28. The molecule has 19 heavy (non-hydrogen) atoms. The molecule has 100 valence electrons. The minimum atomic E-state index is -0.401. The molecule has 0 fully saturated rings. The van der Waals surface area contributed by atoms with E-state index in [2.05, 4.69) is 15.3 Å². The summed E-state index contributed by atoms with van der Waals surface area (Å²) >= 11 is 0. The first kappa shape index (κ1) is 13.3. The van der Waals surface area contributed by atoms with Crippen LogP contribution in [0.5, 0.6) is 5.75 Å². The first-order valence-corrected chi connectivity index (χ1v) is 5.93. The Morgan fingerprint density at radius 3 is 2.53 bits per heavy atom. The number of rotatable bonds is 3. The summed E-state index contributed by atoms with van der Waals surface area (Å²) < 4.78 is 18.7. The predicted octanol–water partition coefficient (Wildman–Crippen LogP) is 2.95. The molecule has 4 nitrogen and oxygen atoms in total. The fourth-order valence-corrected chi connectivity index (χ4v) is 1.97. The molecule has 0 amide bonds.